The topological polar surface area (TPSA) is 109 Å². The molecular weight excluding hydrogens is 300 g/mol. The Morgan fingerprint density at radius 2 is 2.22 bits per heavy atom. The number of amides is 1. The van der Waals surface area contributed by atoms with Gasteiger partial charge in [-0.25, -0.2) is 4.79 Å². The minimum absolute atomic E-state index is 0.0577. The van der Waals surface area contributed by atoms with Gasteiger partial charge in [-0.2, -0.15) is 0 Å². The van der Waals surface area contributed by atoms with Crippen molar-refractivity contribution >= 4 is 17.5 Å². The van der Waals surface area contributed by atoms with Gasteiger partial charge in [0.05, 0.1) is 17.0 Å². The molecule has 1 unspecified atom stereocenters. The number of carboxylic acid groups (broad SMARTS) is 1. The number of nitro groups is 1. The van der Waals surface area contributed by atoms with Crippen molar-refractivity contribution in [1.29, 1.82) is 0 Å². The Balaban J connectivity index is 2.46. The average molecular weight is 322 g/mol. The number of hydrogen-bond donors (Lipinski definition) is 2. The third-order valence-electron chi connectivity index (χ3n) is 4.11. The first kappa shape index (κ1) is 17.0. The van der Waals surface area contributed by atoms with Gasteiger partial charge < -0.3 is 15.3 Å². The molecule has 2 rings (SSSR count). The van der Waals surface area contributed by atoms with Gasteiger partial charge in [0.2, 0.25) is 0 Å². The highest BCUT2D eigenvalue weighted by Crippen LogP contribution is 2.38. The van der Waals surface area contributed by atoms with Crippen LogP contribution >= 0.6 is 0 Å². The van der Waals surface area contributed by atoms with Gasteiger partial charge in [-0.3, -0.25) is 15.1 Å². The molecule has 2 heterocycles. The minimum atomic E-state index is -1.07. The first-order chi connectivity index (χ1) is 10.7. The lowest BCUT2D eigenvalue weighted by Crippen LogP contribution is -2.60. The molecule has 0 saturated carbocycles. The van der Waals surface area contributed by atoms with Gasteiger partial charge in [0.25, 0.3) is 0 Å². The molecule has 1 amide bonds. The van der Waals surface area contributed by atoms with Crippen molar-refractivity contribution in [3.8, 4) is 0 Å². The Bertz CT molecular complexity index is 599. The van der Waals surface area contributed by atoms with Crippen LogP contribution in [0.1, 0.15) is 33.6 Å². The summed E-state index contributed by atoms with van der Waals surface area (Å²) in [5.41, 5.74) is 0.171. The highest BCUT2D eigenvalue weighted by Gasteiger charge is 2.42. The predicted octanol–water partition coefficient (Wildman–Crippen LogP) is 2.64. The van der Waals surface area contributed by atoms with Crippen LogP contribution in [-0.2, 0) is 0 Å². The third-order valence-corrected chi connectivity index (χ3v) is 4.11. The molecule has 1 fully saturated rings. The summed E-state index contributed by atoms with van der Waals surface area (Å²) < 4.78 is 0. The number of rotatable bonds is 3. The van der Waals surface area contributed by atoms with Crippen molar-refractivity contribution in [2.75, 3.05) is 11.4 Å². The van der Waals surface area contributed by atoms with Crippen LogP contribution in [0.3, 0.4) is 0 Å². The molecule has 126 valence electrons. The molecule has 0 aromatic carbocycles. The summed E-state index contributed by atoms with van der Waals surface area (Å²) in [4.78, 5) is 27.8. The zero-order chi connectivity index (χ0) is 17.2. The second-order valence-corrected chi connectivity index (χ2v) is 6.82. The maximum Gasteiger partial charge on any atom is 0.404 e. The minimum Gasteiger partial charge on any atom is -0.465 e. The normalized spacial score (nSPS) is 21.8. The highest BCUT2D eigenvalue weighted by molar-refractivity contribution is 5.66. The van der Waals surface area contributed by atoms with Crippen molar-refractivity contribution < 1.29 is 14.8 Å². The lowest BCUT2D eigenvalue weighted by Gasteiger charge is -2.48. The largest absolute Gasteiger partial charge is 0.465 e. The second-order valence-electron chi connectivity index (χ2n) is 6.82. The van der Waals surface area contributed by atoms with E-state index in [9.17, 15) is 14.9 Å². The maximum atomic E-state index is 11.3. The summed E-state index contributed by atoms with van der Waals surface area (Å²) in [6.07, 6.45) is 3.16. The average Bonchev–Trinajstić information content (AvgIpc) is 2.45. The molecule has 1 saturated heterocycles. The molecule has 8 nitrogen and oxygen atoms in total. The van der Waals surface area contributed by atoms with E-state index in [-0.39, 0.29) is 23.2 Å². The van der Waals surface area contributed by atoms with Gasteiger partial charge in [-0.05, 0) is 24.3 Å². The van der Waals surface area contributed by atoms with Crippen LogP contribution in [-0.4, -0.2) is 39.7 Å². The Morgan fingerprint density at radius 1 is 1.52 bits per heavy atom. The van der Waals surface area contributed by atoms with E-state index in [0.29, 0.717) is 18.7 Å². The molecule has 1 aliphatic rings. The maximum absolute atomic E-state index is 11.3. The molecule has 23 heavy (non-hydrogen) atoms. The van der Waals surface area contributed by atoms with Crippen molar-refractivity contribution in [2.24, 2.45) is 5.41 Å². The number of piperidine rings is 1. The van der Waals surface area contributed by atoms with E-state index in [1.54, 1.807) is 6.07 Å². The number of aromatic nitrogens is 1. The fraction of sp³-hybridized carbons (Fsp3) is 0.600. The van der Waals surface area contributed by atoms with Crippen LogP contribution < -0.4 is 10.2 Å². The number of nitrogens with one attached hydrogen (secondary N) is 1. The van der Waals surface area contributed by atoms with E-state index in [2.05, 4.69) is 10.3 Å². The first-order valence-corrected chi connectivity index (χ1v) is 7.56. The summed E-state index contributed by atoms with van der Waals surface area (Å²) in [5.74, 6) is 0. The summed E-state index contributed by atoms with van der Waals surface area (Å²) in [7, 11) is 0. The van der Waals surface area contributed by atoms with E-state index in [1.807, 2.05) is 25.7 Å². The van der Waals surface area contributed by atoms with Crippen LogP contribution in [0.15, 0.2) is 18.5 Å². The molecule has 1 aromatic rings. The standard InChI is InChI=1S/C15H22N4O4/c1-15(2,3)13-10(17-14(20)21)5-4-8-18(13)11-6-7-16-9-12(11)19(22)23/h6-7,9-10,13,17H,4-5,8H2,1-3H3,(H,20,21)/t10?,13-/m1/s1. The van der Waals surface area contributed by atoms with Crippen molar-refractivity contribution in [3.63, 3.8) is 0 Å². The van der Waals surface area contributed by atoms with Crippen LogP contribution in [0.25, 0.3) is 0 Å². The van der Waals surface area contributed by atoms with Crippen LogP contribution in [0.4, 0.5) is 16.2 Å². The van der Waals surface area contributed by atoms with Gasteiger partial charge in [0, 0.05) is 12.7 Å². The number of anilines is 1. The van der Waals surface area contributed by atoms with Crippen molar-refractivity contribution in [3.05, 3.63) is 28.6 Å². The summed E-state index contributed by atoms with van der Waals surface area (Å²) in [6, 6.07) is 1.16. The fourth-order valence-electron chi connectivity index (χ4n) is 3.41. The van der Waals surface area contributed by atoms with Gasteiger partial charge >= 0.3 is 11.8 Å². The Kier molecular flexibility index (Phi) is 4.72. The zero-order valence-corrected chi connectivity index (χ0v) is 13.5. The van der Waals surface area contributed by atoms with Crippen LogP contribution in [0.2, 0.25) is 0 Å². The van der Waals surface area contributed by atoms with Gasteiger partial charge in [0.1, 0.15) is 11.9 Å². The Labute approximate surface area is 134 Å². The molecular formula is C15H22N4O4. The third kappa shape index (κ3) is 3.69. The van der Waals surface area contributed by atoms with Crippen LogP contribution in [0.5, 0.6) is 0 Å². The molecule has 2 atom stereocenters. The van der Waals surface area contributed by atoms with Crippen LogP contribution in [0, 0.1) is 15.5 Å². The SMILES string of the molecule is CC(C)(C)[C@H]1C(NC(=O)O)CCCN1c1ccncc1[N+](=O)[O-]. The lowest BCUT2D eigenvalue weighted by molar-refractivity contribution is -0.384. The summed E-state index contributed by atoms with van der Waals surface area (Å²) in [6.45, 7) is 6.68. The fourth-order valence-corrected chi connectivity index (χ4v) is 3.41. The number of nitrogens with zero attached hydrogens (tertiary/aromatic N) is 3. The molecule has 0 bridgehead atoms. The number of carbonyl (C=O) groups is 1. The summed E-state index contributed by atoms with van der Waals surface area (Å²) in [5, 5.41) is 23.0. The molecule has 0 radical (unpaired) electrons. The smallest absolute Gasteiger partial charge is 0.404 e. The van der Waals surface area contributed by atoms with Gasteiger partial charge in [-0.15, -0.1) is 0 Å². The van der Waals surface area contributed by atoms with Gasteiger partial charge in [-0.1, -0.05) is 20.8 Å². The second kappa shape index (κ2) is 6.39. The lowest BCUT2D eigenvalue weighted by atomic mass is 9.77. The molecule has 0 spiro atoms. The van der Waals surface area contributed by atoms with Crippen molar-refractivity contribution in [2.45, 2.75) is 45.7 Å². The molecule has 8 heteroatoms. The van der Waals surface area contributed by atoms with E-state index in [4.69, 9.17) is 5.11 Å². The molecule has 1 aromatic heterocycles. The van der Waals surface area contributed by atoms with E-state index >= 15 is 0 Å². The van der Waals surface area contributed by atoms with Gasteiger partial charge in [0.15, 0.2) is 0 Å². The van der Waals surface area contributed by atoms with E-state index in [1.165, 1.54) is 12.4 Å². The quantitative estimate of drug-likeness (QED) is 0.654. The van der Waals surface area contributed by atoms with E-state index in [0.717, 1.165) is 6.42 Å². The molecule has 0 aliphatic carbocycles. The number of pyridine rings is 1. The molecule has 1 aliphatic heterocycles. The van der Waals surface area contributed by atoms with E-state index < -0.39 is 11.0 Å². The number of hydrogen-bond acceptors (Lipinski definition) is 5. The Hall–Kier alpha value is -2.38. The monoisotopic (exact) mass is 322 g/mol. The predicted molar refractivity (Wildman–Crippen MR) is 85.7 cm³/mol. The Morgan fingerprint density at radius 3 is 2.78 bits per heavy atom. The zero-order valence-electron chi connectivity index (χ0n) is 13.5. The van der Waals surface area contributed by atoms with Crippen molar-refractivity contribution in [1.82, 2.24) is 10.3 Å². The molecule has 2 N–H and O–H groups in total. The summed E-state index contributed by atoms with van der Waals surface area (Å²) >= 11 is 0. The first-order valence-electron chi connectivity index (χ1n) is 7.56. The highest BCUT2D eigenvalue weighted by atomic mass is 16.6.